The number of hydrogen-bond donors (Lipinski definition) is 1. The second-order valence-corrected chi connectivity index (χ2v) is 12.2. The molecule has 5 rings (SSSR count). The Kier molecular flexibility index (Phi) is 10.3. The van der Waals surface area contributed by atoms with Crippen LogP contribution in [0.4, 0.5) is 14.9 Å². The first-order chi connectivity index (χ1) is 21.1. The first kappa shape index (κ1) is 32.1. The summed E-state index contributed by atoms with van der Waals surface area (Å²) in [5.74, 6) is -0.0369. The van der Waals surface area contributed by atoms with Crippen molar-refractivity contribution in [2.45, 2.75) is 64.3 Å². The van der Waals surface area contributed by atoms with Crippen LogP contribution in [0, 0.1) is 5.82 Å². The Balaban J connectivity index is 1.41. The van der Waals surface area contributed by atoms with Gasteiger partial charge < -0.3 is 24.2 Å². The summed E-state index contributed by atoms with van der Waals surface area (Å²) in [4.78, 5) is 38.7. The molecule has 44 heavy (non-hydrogen) atoms. The van der Waals surface area contributed by atoms with Gasteiger partial charge in [-0.15, -0.1) is 0 Å². The lowest BCUT2D eigenvalue weighted by atomic mass is 10.0. The number of aromatic nitrogens is 1. The van der Waals surface area contributed by atoms with E-state index in [1.807, 2.05) is 19.9 Å². The number of hydrogen-bond acceptors (Lipinski definition) is 8. The van der Waals surface area contributed by atoms with Gasteiger partial charge >= 0.3 is 6.09 Å². The maximum atomic E-state index is 14.3. The van der Waals surface area contributed by atoms with Gasteiger partial charge in [-0.1, -0.05) is 12.1 Å². The largest absolute Gasteiger partial charge is 0.474 e. The van der Waals surface area contributed by atoms with Crippen molar-refractivity contribution in [1.82, 2.24) is 19.7 Å². The molecule has 1 unspecified atom stereocenters. The molecule has 0 bridgehead atoms. The average molecular weight is 614 g/mol. The molecule has 2 aromatic rings. The molecule has 12 heteroatoms. The van der Waals surface area contributed by atoms with Gasteiger partial charge in [-0.25, -0.2) is 14.2 Å². The zero-order valence-electron chi connectivity index (χ0n) is 26.0. The van der Waals surface area contributed by atoms with Crippen molar-refractivity contribution < 1.29 is 33.3 Å². The van der Waals surface area contributed by atoms with Gasteiger partial charge in [0.2, 0.25) is 11.8 Å². The fourth-order valence-electron chi connectivity index (χ4n) is 6.49. The van der Waals surface area contributed by atoms with Crippen molar-refractivity contribution in [3.05, 3.63) is 53.5 Å². The molecular formula is C32H44FN5O6. The van der Waals surface area contributed by atoms with E-state index in [2.05, 4.69) is 28.6 Å². The number of fused-ring (bicyclic) bond motifs is 1. The number of ether oxygens (including phenoxy) is 3. The van der Waals surface area contributed by atoms with Gasteiger partial charge in [0.25, 0.3) is 0 Å². The van der Waals surface area contributed by atoms with Gasteiger partial charge in [0.15, 0.2) is 0 Å². The summed E-state index contributed by atoms with van der Waals surface area (Å²) in [5.41, 5.74) is 2.37. The molecule has 1 N–H and O–H groups in total. The smallest absolute Gasteiger partial charge is 0.407 e. The van der Waals surface area contributed by atoms with Crippen LogP contribution in [0.3, 0.4) is 0 Å². The summed E-state index contributed by atoms with van der Waals surface area (Å²) in [6, 6.07) is 7.81. The van der Waals surface area contributed by atoms with Crippen molar-refractivity contribution in [3.8, 4) is 5.88 Å². The third-order valence-electron chi connectivity index (χ3n) is 8.84. The molecule has 1 aromatic carbocycles. The Morgan fingerprint density at radius 2 is 1.75 bits per heavy atom. The van der Waals surface area contributed by atoms with Crippen molar-refractivity contribution >= 4 is 17.7 Å². The number of carboxylic acid groups (broad SMARTS) is 1. The summed E-state index contributed by atoms with van der Waals surface area (Å²) in [6.45, 7) is 11.8. The number of carbonyl (C=O) groups excluding carboxylic acids is 1. The number of amides is 2. The fourth-order valence-corrected chi connectivity index (χ4v) is 6.49. The zero-order valence-corrected chi connectivity index (χ0v) is 26.0. The fraction of sp³-hybridized carbons (Fsp3) is 0.594. The zero-order chi connectivity index (χ0) is 31.4. The van der Waals surface area contributed by atoms with Gasteiger partial charge in [-0.05, 0) is 63.4 Å². The molecule has 1 aromatic heterocycles. The molecule has 5 atom stereocenters. The maximum absolute atomic E-state index is 14.3. The van der Waals surface area contributed by atoms with Crippen LogP contribution >= 0.6 is 0 Å². The molecule has 0 aliphatic carbocycles. The van der Waals surface area contributed by atoms with Crippen LogP contribution in [0.1, 0.15) is 38.8 Å². The van der Waals surface area contributed by atoms with Crippen molar-refractivity contribution in [2.24, 2.45) is 0 Å². The summed E-state index contributed by atoms with van der Waals surface area (Å²) in [7, 11) is 0. The Bertz CT molecular complexity index is 1290. The Labute approximate surface area is 258 Å². The van der Waals surface area contributed by atoms with E-state index in [9.17, 15) is 19.1 Å². The highest BCUT2D eigenvalue weighted by molar-refractivity contribution is 5.97. The van der Waals surface area contributed by atoms with Crippen LogP contribution < -0.4 is 9.64 Å². The van der Waals surface area contributed by atoms with Crippen LogP contribution in [-0.2, 0) is 20.7 Å². The van der Waals surface area contributed by atoms with E-state index in [4.69, 9.17) is 14.2 Å². The molecule has 3 aliphatic heterocycles. The minimum Gasteiger partial charge on any atom is -0.474 e. The molecule has 11 nitrogen and oxygen atoms in total. The summed E-state index contributed by atoms with van der Waals surface area (Å²) >= 11 is 0. The molecular weight excluding hydrogens is 569 g/mol. The summed E-state index contributed by atoms with van der Waals surface area (Å²) < 4.78 is 31.0. The average Bonchev–Trinajstić information content (AvgIpc) is 2.99. The Morgan fingerprint density at radius 3 is 2.43 bits per heavy atom. The summed E-state index contributed by atoms with van der Waals surface area (Å²) in [5, 5.41) is 9.93. The van der Waals surface area contributed by atoms with E-state index in [-0.39, 0.29) is 55.1 Å². The predicted molar refractivity (Wildman–Crippen MR) is 163 cm³/mol. The first-order valence-electron chi connectivity index (χ1n) is 15.5. The molecule has 3 aliphatic rings. The van der Waals surface area contributed by atoms with E-state index in [0.717, 1.165) is 11.1 Å². The third-order valence-corrected chi connectivity index (χ3v) is 8.84. The quantitative estimate of drug-likeness (QED) is 0.457. The van der Waals surface area contributed by atoms with Gasteiger partial charge in [0, 0.05) is 56.6 Å². The van der Waals surface area contributed by atoms with Crippen LogP contribution in [-0.4, -0.2) is 126 Å². The van der Waals surface area contributed by atoms with Crippen molar-refractivity contribution in [1.29, 1.82) is 0 Å². The maximum Gasteiger partial charge on any atom is 0.407 e. The topological polar surface area (TPSA) is 108 Å². The standard InChI is InChI=1S/C32H44FN5O6/c1-5-42-19-28-20-44-31-29(11-25(12-34-31)10-24-6-8-26(33)9-7-24)38(28)30(39)16-35-13-21(2)37(32(40)41)15-27(35)14-36-22(3)17-43-18-23(36)4/h6-9,11-12,21-23,27-28H,5,10,13-20H2,1-4H3,(H,40,41)/t21-,22-,23-,27+,28?/m1/s1. The van der Waals surface area contributed by atoms with E-state index >= 15 is 0 Å². The van der Waals surface area contributed by atoms with Crippen molar-refractivity contribution in [3.63, 3.8) is 0 Å². The third kappa shape index (κ3) is 7.31. The number of carbonyl (C=O) groups is 2. The van der Waals surface area contributed by atoms with Crippen LogP contribution in [0.2, 0.25) is 0 Å². The van der Waals surface area contributed by atoms with Crippen LogP contribution in [0.5, 0.6) is 5.88 Å². The lowest BCUT2D eigenvalue weighted by Gasteiger charge is -2.48. The second kappa shape index (κ2) is 14.2. The molecule has 2 amide bonds. The minimum absolute atomic E-state index is 0.111. The predicted octanol–water partition coefficient (Wildman–Crippen LogP) is 3.10. The molecule has 0 spiro atoms. The number of anilines is 1. The molecule has 4 heterocycles. The Hall–Kier alpha value is -3.32. The Morgan fingerprint density at radius 1 is 1.02 bits per heavy atom. The van der Waals surface area contributed by atoms with E-state index in [0.29, 0.717) is 64.0 Å². The van der Waals surface area contributed by atoms with Crippen molar-refractivity contribution in [2.75, 3.05) is 64.1 Å². The number of piperazine rings is 1. The van der Waals surface area contributed by atoms with Gasteiger partial charge in [0.1, 0.15) is 18.1 Å². The van der Waals surface area contributed by atoms with Crippen LogP contribution in [0.15, 0.2) is 36.5 Å². The van der Waals surface area contributed by atoms with E-state index in [1.54, 1.807) is 23.2 Å². The van der Waals surface area contributed by atoms with Gasteiger partial charge in [-0.3, -0.25) is 19.5 Å². The molecule has 0 saturated carbocycles. The molecule has 2 fully saturated rings. The number of morpholine rings is 1. The monoisotopic (exact) mass is 613 g/mol. The van der Waals surface area contributed by atoms with E-state index in [1.165, 1.54) is 17.0 Å². The van der Waals surface area contributed by atoms with E-state index < -0.39 is 6.09 Å². The first-order valence-corrected chi connectivity index (χ1v) is 15.5. The SMILES string of the molecule is CCOCC1COc2ncc(Cc3ccc(F)cc3)cc2N1C(=O)CN1C[C@@H](C)N(C(=O)O)C[C@@H]1CN1[C@H](C)COC[C@H]1C. The second-order valence-electron chi connectivity index (χ2n) is 12.2. The highest BCUT2D eigenvalue weighted by Crippen LogP contribution is 2.34. The number of pyridine rings is 1. The van der Waals surface area contributed by atoms with Gasteiger partial charge in [0.05, 0.1) is 32.4 Å². The number of benzene rings is 1. The lowest BCUT2D eigenvalue weighted by Crippen LogP contribution is -2.65. The highest BCUT2D eigenvalue weighted by Gasteiger charge is 2.40. The normalized spacial score (nSPS) is 26.2. The lowest BCUT2D eigenvalue weighted by molar-refractivity contribution is -0.123. The van der Waals surface area contributed by atoms with Crippen LogP contribution in [0.25, 0.3) is 0 Å². The van der Waals surface area contributed by atoms with Gasteiger partial charge in [-0.2, -0.15) is 0 Å². The molecule has 2 saturated heterocycles. The molecule has 240 valence electrons. The highest BCUT2D eigenvalue weighted by atomic mass is 19.1. The minimum atomic E-state index is -0.949. The number of rotatable bonds is 9. The number of nitrogens with zero attached hydrogens (tertiary/aromatic N) is 5. The number of halogens is 1. The molecule has 0 radical (unpaired) electrons. The summed E-state index contributed by atoms with van der Waals surface area (Å²) in [6.07, 6.45) is 1.29.